The zero-order valence-electron chi connectivity index (χ0n) is 11.0. The maximum absolute atomic E-state index is 11.9. The van der Waals surface area contributed by atoms with Crippen LogP contribution in [0.25, 0.3) is 0 Å². The SMILES string of the molecule is O=C(O)CCc1ccc(NC(=O)c2ccc(=O)oc2)cc1. The molecule has 0 fully saturated rings. The summed E-state index contributed by atoms with van der Waals surface area (Å²) in [7, 11) is 0. The molecule has 108 valence electrons. The van der Waals surface area contributed by atoms with E-state index in [1.807, 2.05) is 0 Å². The standard InChI is InChI=1S/C15H13NO5/c17-13(18)7-3-10-1-5-12(6-2-10)16-15(20)11-4-8-14(19)21-9-11/h1-2,4-6,8-9H,3,7H2,(H,16,20)(H,17,18). The van der Waals surface area contributed by atoms with Crippen LogP contribution in [-0.2, 0) is 11.2 Å². The van der Waals surface area contributed by atoms with E-state index in [4.69, 9.17) is 5.11 Å². The van der Waals surface area contributed by atoms with Crippen molar-refractivity contribution in [1.82, 2.24) is 0 Å². The largest absolute Gasteiger partial charge is 0.481 e. The molecule has 6 nitrogen and oxygen atoms in total. The molecular weight excluding hydrogens is 274 g/mol. The summed E-state index contributed by atoms with van der Waals surface area (Å²) < 4.78 is 4.62. The number of carboxylic acid groups (broad SMARTS) is 1. The van der Waals surface area contributed by atoms with Crippen molar-refractivity contribution < 1.29 is 19.1 Å². The van der Waals surface area contributed by atoms with Gasteiger partial charge in [0.05, 0.1) is 5.56 Å². The van der Waals surface area contributed by atoms with E-state index in [-0.39, 0.29) is 12.0 Å². The summed E-state index contributed by atoms with van der Waals surface area (Å²) in [4.78, 5) is 33.2. The number of aliphatic carboxylic acids is 1. The Morgan fingerprint density at radius 1 is 1.10 bits per heavy atom. The second-order valence-corrected chi connectivity index (χ2v) is 4.39. The fourth-order valence-electron chi connectivity index (χ4n) is 1.70. The van der Waals surface area contributed by atoms with Crippen molar-refractivity contribution in [3.63, 3.8) is 0 Å². The average molecular weight is 287 g/mol. The number of carbonyl (C=O) groups excluding carboxylic acids is 1. The van der Waals surface area contributed by atoms with Gasteiger partial charge in [-0.3, -0.25) is 9.59 Å². The van der Waals surface area contributed by atoms with E-state index in [9.17, 15) is 14.4 Å². The molecular formula is C15H13NO5. The molecule has 2 rings (SSSR count). The van der Waals surface area contributed by atoms with E-state index in [0.717, 1.165) is 11.8 Å². The van der Waals surface area contributed by atoms with Crippen molar-refractivity contribution in [3.8, 4) is 0 Å². The molecule has 1 aromatic heterocycles. The number of carboxylic acids is 1. The van der Waals surface area contributed by atoms with E-state index in [1.165, 1.54) is 12.1 Å². The summed E-state index contributed by atoms with van der Waals surface area (Å²) >= 11 is 0. The summed E-state index contributed by atoms with van der Waals surface area (Å²) in [5, 5.41) is 11.3. The minimum absolute atomic E-state index is 0.0642. The number of hydrogen-bond donors (Lipinski definition) is 2. The van der Waals surface area contributed by atoms with Crippen molar-refractivity contribution in [2.24, 2.45) is 0 Å². The number of hydrogen-bond acceptors (Lipinski definition) is 4. The predicted octanol–water partition coefficient (Wildman–Crippen LogP) is 1.91. The second-order valence-electron chi connectivity index (χ2n) is 4.39. The maximum Gasteiger partial charge on any atom is 0.335 e. The summed E-state index contributed by atoms with van der Waals surface area (Å²) in [6, 6.07) is 9.43. The van der Waals surface area contributed by atoms with Gasteiger partial charge < -0.3 is 14.8 Å². The Morgan fingerprint density at radius 3 is 2.38 bits per heavy atom. The van der Waals surface area contributed by atoms with E-state index in [0.29, 0.717) is 12.1 Å². The first-order valence-corrected chi connectivity index (χ1v) is 6.25. The maximum atomic E-state index is 11.9. The molecule has 0 saturated heterocycles. The van der Waals surface area contributed by atoms with Gasteiger partial charge in [0.25, 0.3) is 5.91 Å². The van der Waals surface area contributed by atoms with Crippen molar-refractivity contribution >= 4 is 17.6 Å². The number of carbonyl (C=O) groups is 2. The smallest absolute Gasteiger partial charge is 0.335 e. The van der Waals surface area contributed by atoms with Gasteiger partial charge in [0, 0.05) is 18.2 Å². The van der Waals surface area contributed by atoms with Crippen molar-refractivity contribution in [3.05, 3.63) is 64.2 Å². The number of nitrogens with one attached hydrogen (secondary N) is 1. The second kappa shape index (κ2) is 6.51. The monoisotopic (exact) mass is 287 g/mol. The molecule has 6 heteroatoms. The van der Waals surface area contributed by atoms with Gasteiger partial charge in [-0.2, -0.15) is 0 Å². The first-order chi connectivity index (χ1) is 10.0. The fraction of sp³-hybridized carbons (Fsp3) is 0.133. The average Bonchev–Trinajstić information content (AvgIpc) is 2.47. The van der Waals surface area contributed by atoms with Gasteiger partial charge in [0.15, 0.2) is 0 Å². The van der Waals surface area contributed by atoms with Crippen LogP contribution in [-0.4, -0.2) is 17.0 Å². The topological polar surface area (TPSA) is 96.6 Å². The summed E-state index contributed by atoms with van der Waals surface area (Å²) in [5.74, 6) is -1.24. The number of rotatable bonds is 5. The van der Waals surface area contributed by atoms with Crippen molar-refractivity contribution in [1.29, 1.82) is 0 Å². The molecule has 0 saturated carbocycles. The highest BCUT2D eigenvalue weighted by atomic mass is 16.4. The number of aryl methyl sites for hydroxylation is 1. The van der Waals surface area contributed by atoms with Crippen LogP contribution in [0, 0.1) is 0 Å². The lowest BCUT2D eigenvalue weighted by atomic mass is 10.1. The molecule has 1 heterocycles. The third kappa shape index (κ3) is 4.31. The minimum atomic E-state index is -0.849. The van der Waals surface area contributed by atoms with Crippen LogP contribution >= 0.6 is 0 Å². The Labute approximate surface area is 120 Å². The van der Waals surface area contributed by atoms with Crippen LogP contribution in [0.2, 0.25) is 0 Å². The van der Waals surface area contributed by atoms with Gasteiger partial charge in [0.2, 0.25) is 0 Å². The number of amides is 1. The van der Waals surface area contributed by atoms with Crippen LogP contribution in [0.5, 0.6) is 0 Å². The molecule has 2 N–H and O–H groups in total. The molecule has 0 unspecified atom stereocenters. The first-order valence-electron chi connectivity index (χ1n) is 6.25. The molecule has 0 bridgehead atoms. The third-order valence-corrected chi connectivity index (χ3v) is 2.80. The lowest BCUT2D eigenvalue weighted by Gasteiger charge is -2.05. The van der Waals surface area contributed by atoms with Gasteiger partial charge in [0.1, 0.15) is 6.26 Å². The van der Waals surface area contributed by atoms with Gasteiger partial charge in [-0.1, -0.05) is 12.1 Å². The molecule has 0 atom stereocenters. The van der Waals surface area contributed by atoms with Gasteiger partial charge in [-0.15, -0.1) is 0 Å². The Bertz CT molecular complexity index is 682. The van der Waals surface area contributed by atoms with E-state index in [2.05, 4.69) is 9.73 Å². The fourth-order valence-corrected chi connectivity index (χ4v) is 1.70. The molecule has 2 aromatic rings. The number of benzene rings is 1. The lowest BCUT2D eigenvalue weighted by molar-refractivity contribution is -0.136. The van der Waals surface area contributed by atoms with E-state index in [1.54, 1.807) is 24.3 Å². The van der Waals surface area contributed by atoms with E-state index >= 15 is 0 Å². The molecule has 0 aliphatic heterocycles. The predicted molar refractivity (Wildman–Crippen MR) is 75.3 cm³/mol. The Balaban J connectivity index is 1.99. The summed E-state index contributed by atoms with van der Waals surface area (Å²) in [6.45, 7) is 0. The van der Waals surface area contributed by atoms with Crippen LogP contribution in [0.1, 0.15) is 22.3 Å². The zero-order valence-corrected chi connectivity index (χ0v) is 11.0. The minimum Gasteiger partial charge on any atom is -0.481 e. The molecule has 0 spiro atoms. The van der Waals surface area contributed by atoms with Gasteiger partial charge in [-0.05, 0) is 30.2 Å². The Morgan fingerprint density at radius 2 is 1.81 bits per heavy atom. The Kier molecular flexibility index (Phi) is 4.50. The first kappa shape index (κ1) is 14.5. The van der Waals surface area contributed by atoms with Gasteiger partial charge in [-0.25, -0.2) is 4.79 Å². The van der Waals surface area contributed by atoms with Crippen LogP contribution in [0.4, 0.5) is 5.69 Å². The molecule has 1 aromatic carbocycles. The Hall–Kier alpha value is -2.89. The lowest BCUT2D eigenvalue weighted by Crippen LogP contribution is -2.12. The summed E-state index contributed by atoms with van der Waals surface area (Å²) in [5.41, 5.74) is 1.17. The molecule has 0 aliphatic rings. The quantitative estimate of drug-likeness (QED) is 0.875. The third-order valence-electron chi connectivity index (χ3n) is 2.80. The van der Waals surface area contributed by atoms with E-state index < -0.39 is 17.5 Å². The summed E-state index contributed by atoms with van der Waals surface area (Å²) in [6.07, 6.45) is 1.60. The highest BCUT2D eigenvalue weighted by Gasteiger charge is 2.07. The van der Waals surface area contributed by atoms with Crippen LogP contribution in [0.3, 0.4) is 0 Å². The van der Waals surface area contributed by atoms with Crippen LogP contribution < -0.4 is 10.9 Å². The van der Waals surface area contributed by atoms with Crippen molar-refractivity contribution in [2.45, 2.75) is 12.8 Å². The molecule has 1 amide bonds. The molecule has 21 heavy (non-hydrogen) atoms. The highest BCUT2D eigenvalue weighted by molar-refractivity contribution is 6.03. The van der Waals surface area contributed by atoms with Crippen LogP contribution in [0.15, 0.2) is 51.9 Å². The normalized spacial score (nSPS) is 10.1. The van der Waals surface area contributed by atoms with Gasteiger partial charge >= 0.3 is 11.6 Å². The number of anilines is 1. The highest BCUT2D eigenvalue weighted by Crippen LogP contribution is 2.12. The zero-order chi connectivity index (χ0) is 15.2. The molecule has 0 aliphatic carbocycles. The van der Waals surface area contributed by atoms with Crippen molar-refractivity contribution in [2.75, 3.05) is 5.32 Å². The molecule has 0 radical (unpaired) electrons.